The van der Waals surface area contributed by atoms with Gasteiger partial charge in [-0.3, -0.25) is 9.89 Å². The first-order valence-corrected chi connectivity index (χ1v) is 9.26. The lowest BCUT2D eigenvalue weighted by molar-refractivity contribution is -0.125. The van der Waals surface area contributed by atoms with Gasteiger partial charge < -0.3 is 9.64 Å². The number of aromatic nitrogens is 2. The van der Waals surface area contributed by atoms with Crippen LogP contribution in [0.15, 0.2) is 54.9 Å². The monoisotopic (exact) mass is 359 g/mol. The molecular weight excluding hydrogens is 338 g/mol. The van der Waals surface area contributed by atoms with Crippen LogP contribution in [-0.2, 0) is 17.6 Å². The molecule has 0 radical (unpaired) electrons. The molecule has 5 heteroatoms. The Balaban J connectivity index is 1.46. The number of ether oxygens (including phenoxy) is 1. The number of nitrogens with zero attached hydrogens (tertiary/aromatic N) is 2. The van der Waals surface area contributed by atoms with Crippen molar-refractivity contribution in [2.45, 2.75) is 19.3 Å². The van der Waals surface area contributed by atoms with E-state index in [2.05, 4.69) is 34.5 Å². The van der Waals surface area contributed by atoms with E-state index in [0.29, 0.717) is 0 Å². The van der Waals surface area contributed by atoms with Crippen molar-refractivity contribution in [3.05, 3.63) is 66.0 Å². The van der Waals surface area contributed by atoms with E-state index in [1.165, 1.54) is 11.1 Å². The summed E-state index contributed by atoms with van der Waals surface area (Å²) in [6, 6.07) is 14.4. The van der Waals surface area contributed by atoms with Gasteiger partial charge in [-0.1, -0.05) is 24.3 Å². The van der Waals surface area contributed by atoms with Crippen molar-refractivity contribution in [3.63, 3.8) is 0 Å². The maximum Gasteiger partial charge on any atom is 0.233 e. The zero-order valence-corrected chi connectivity index (χ0v) is 15.2. The van der Waals surface area contributed by atoms with Crippen LogP contribution in [0.3, 0.4) is 0 Å². The van der Waals surface area contributed by atoms with Gasteiger partial charge in [-0.25, -0.2) is 0 Å². The van der Waals surface area contributed by atoms with E-state index in [1.807, 2.05) is 29.3 Å². The summed E-state index contributed by atoms with van der Waals surface area (Å²) >= 11 is 0. The second kappa shape index (κ2) is 5.98. The van der Waals surface area contributed by atoms with E-state index in [0.717, 1.165) is 48.4 Å². The number of fused-ring (bicyclic) bond motifs is 1. The topological polar surface area (TPSA) is 58.2 Å². The van der Waals surface area contributed by atoms with Gasteiger partial charge in [0.1, 0.15) is 5.75 Å². The molecule has 136 valence electrons. The number of hydrogen-bond donors (Lipinski definition) is 1. The molecule has 3 aromatic rings. The normalized spacial score (nSPS) is 17.5. The third-order valence-corrected chi connectivity index (χ3v) is 5.99. The highest BCUT2D eigenvalue weighted by atomic mass is 16.5. The zero-order valence-electron chi connectivity index (χ0n) is 15.2. The molecule has 2 aromatic carbocycles. The summed E-state index contributed by atoms with van der Waals surface area (Å²) < 4.78 is 5.59. The molecule has 1 saturated heterocycles. The molecular formula is C22H21N3O2. The summed E-state index contributed by atoms with van der Waals surface area (Å²) in [7, 11) is 1.66. The van der Waals surface area contributed by atoms with Crippen molar-refractivity contribution < 1.29 is 9.53 Å². The van der Waals surface area contributed by atoms with Crippen LogP contribution in [0.25, 0.3) is 11.1 Å². The first-order valence-electron chi connectivity index (χ1n) is 9.26. The van der Waals surface area contributed by atoms with E-state index < -0.39 is 0 Å². The highest BCUT2D eigenvalue weighted by molar-refractivity contribution is 6.01. The summed E-state index contributed by atoms with van der Waals surface area (Å²) in [5, 5.41) is 6.84. The fourth-order valence-corrected chi connectivity index (χ4v) is 4.57. The summed E-state index contributed by atoms with van der Waals surface area (Å²) in [6.07, 6.45) is 6.20. The summed E-state index contributed by atoms with van der Waals surface area (Å²) in [5.74, 6) is 0.981. The van der Waals surface area contributed by atoms with Gasteiger partial charge in [-0.15, -0.1) is 0 Å². The molecule has 2 heterocycles. The molecule has 2 aliphatic rings. The summed E-state index contributed by atoms with van der Waals surface area (Å²) in [5.41, 5.74) is 5.19. The number of carbonyl (C=O) groups is 1. The standard InChI is InChI=1S/C22H21N3O2/c1-27-20-10-18(6-7-19(20)17-13-23-24-14-17)25-9-8-22(21(25)26)11-15-4-2-3-5-16(15)12-22/h2-7,10,13-14H,8-9,11-12H2,1H3,(H,23,24). The van der Waals surface area contributed by atoms with Gasteiger partial charge in [0.25, 0.3) is 0 Å². The minimum Gasteiger partial charge on any atom is -0.496 e. The quantitative estimate of drug-likeness (QED) is 0.777. The molecule has 1 spiro atoms. The van der Waals surface area contributed by atoms with E-state index in [9.17, 15) is 4.79 Å². The molecule has 1 aromatic heterocycles. The largest absolute Gasteiger partial charge is 0.496 e. The van der Waals surface area contributed by atoms with Crippen LogP contribution >= 0.6 is 0 Å². The second-order valence-corrected chi connectivity index (χ2v) is 7.48. The Bertz CT molecular complexity index is 985. The molecule has 0 unspecified atom stereocenters. The van der Waals surface area contributed by atoms with E-state index in [-0.39, 0.29) is 11.3 Å². The minimum atomic E-state index is -0.278. The predicted octanol–water partition coefficient (Wildman–Crippen LogP) is 3.61. The molecule has 5 nitrogen and oxygen atoms in total. The number of nitrogens with one attached hydrogen (secondary N) is 1. The van der Waals surface area contributed by atoms with Gasteiger partial charge in [0.15, 0.2) is 0 Å². The van der Waals surface area contributed by atoms with Crippen LogP contribution in [0.2, 0.25) is 0 Å². The predicted molar refractivity (Wildman–Crippen MR) is 104 cm³/mol. The molecule has 5 rings (SSSR count). The Kier molecular flexibility index (Phi) is 3.57. The smallest absolute Gasteiger partial charge is 0.233 e. The molecule has 27 heavy (non-hydrogen) atoms. The number of anilines is 1. The van der Waals surface area contributed by atoms with Crippen molar-refractivity contribution >= 4 is 11.6 Å². The Labute approximate surface area is 158 Å². The third-order valence-electron chi connectivity index (χ3n) is 5.99. The summed E-state index contributed by atoms with van der Waals surface area (Å²) in [4.78, 5) is 15.3. The van der Waals surface area contributed by atoms with E-state index in [1.54, 1.807) is 13.3 Å². The molecule has 1 fully saturated rings. The number of amides is 1. The van der Waals surface area contributed by atoms with Gasteiger partial charge in [0, 0.05) is 35.6 Å². The van der Waals surface area contributed by atoms with E-state index in [4.69, 9.17) is 4.74 Å². The number of hydrogen-bond acceptors (Lipinski definition) is 3. The zero-order chi connectivity index (χ0) is 18.4. The fourth-order valence-electron chi connectivity index (χ4n) is 4.57. The number of aromatic amines is 1. The molecule has 1 aliphatic heterocycles. The summed E-state index contributed by atoms with van der Waals surface area (Å²) in [6.45, 7) is 0.751. The van der Waals surface area contributed by atoms with E-state index >= 15 is 0 Å². The van der Waals surface area contributed by atoms with Gasteiger partial charge in [-0.2, -0.15) is 5.10 Å². The molecule has 1 aliphatic carbocycles. The van der Waals surface area contributed by atoms with Crippen LogP contribution in [0.4, 0.5) is 5.69 Å². The number of methoxy groups -OCH3 is 1. The average Bonchev–Trinajstić information content (AvgIpc) is 3.42. The van der Waals surface area contributed by atoms with Crippen LogP contribution in [0.1, 0.15) is 17.5 Å². The molecule has 0 atom stereocenters. The van der Waals surface area contributed by atoms with Crippen LogP contribution in [-0.4, -0.2) is 29.8 Å². The maximum absolute atomic E-state index is 13.4. The minimum absolute atomic E-state index is 0.233. The lowest BCUT2D eigenvalue weighted by atomic mass is 9.83. The molecule has 0 saturated carbocycles. The average molecular weight is 359 g/mol. The van der Waals surface area contributed by atoms with Crippen LogP contribution in [0, 0.1) is 5.41 Å². The Morgan fingerprint density at radius 3 is 2.59 bits per heavy atom. The number of carbonyl (C=O) groups excluding carboxylic acids is 1. The van der Waals surface area contributed by atoms with Crippen molar-refractivity contribution in [1.82, 2.24) is 10.2 Å². The highest BCUT2D eigenvalue weighted by Crippen LogP contribution is 2.46. The first kappa shape index (κ1) is 16.1. The lowest BCUT2D eigenvalue weighted by Crippen LogP contribution is -2.35. The van der Waals surface area contributed by atoms with Gasteiger partial charge in [-0.05, 0) is 42.5 Å². The van der Waals surface area contributed by atoms with Crippen molar-refractivity contribution in [1.29, 1.82) is 0 Å². The third kappa shape index (κ3) is 2.46. The van der Waals surface area contributed by atoms with Crippen molar-refractivity contribution in [2.75, 3.05) is 18.6 Å². The van der Waals surface area contributed by atoms with Gasteiger partial charge in [0.05, 0.1) is 18.7 Å². The fraction of sp³-hybridized carbons (Fsp3) is 0.273. The molecule has 0 bridgehead atoms. The number of rotatable bonds is 3. The highest BCUT2D eigenvalue weighted by Gasteiger charge is 2.50. The second-order valence-electron chi connectivity index (χ2n) is 7.48. The number of benzene rings is 2. The van der Waals surface area contributed by atoms with Gasteiger partial charge >= 0.3 is 0 Å². The Morgan fingerprint density at radius 1 is 1.15 bits per heavy atom. The van der Waals surface area contributed by atoms with Crippen LogP contribution < -0.4 is 9.64 Å². The Morgan fingerprint density at radius 2 is 1.93 bits per heavy atom. The number of H-pyrrole nitrogens is 1. The maximum atomic E-state index is 13.4. The van der Waals surface area contributed by atoms with Crippen LogP contribution in [0.5, 0.6) is 5.75 Å². The van der Waals surface area contributed by atoms with Crippen molar-refractivity contribution in [2.24, 2.45) is 5.41 Å². The molecule has 1 N–H and O–H groups in total. The Hall–Kier alpha value is -3.08. The lowest BCUT2D eigenvalue weighted by Gasteiger charge is -2.23. The first-order chi connectivity index (χ1) is 13.2. The van der Waals surface area contributed by atoms with Crippen molar-refractivity contribution in [3.8, 4) is 16.9 Å². The van der Waals surface area contributed by atoms with Gasteiger partial charge in [0.2, 0.25) is 5.91 Å². The molecule has 1 amide bonds. The SMILES string of the molecule is COc1cc(N2CCC3(Cc4ccccc4C3)C2=O)ccc1-c1cn[nH]c1.